The van der Waals surface area contributed by atoms with E-state index in [2.05, 4.69) is 5.32 Å². The van der Waals surface area contributed by atoms with Gasteiger partial charge in [-0.2, -0.15) is 0 Å². The van der Waals surface area contributed by atoms with Gasteiger partial charge in [-0.25, -0.2) is 9.59 Å². The van der Waals surface area contributed by atoms with Gasteiger partial charge in [0.15, 0.2) is 11.5 Å². The molecule has 3 N–H and O–H groups in total. The van der Waals surface area contributed by atoms with Gasteiger partial charge in [0, 0.05) is 24.7 Å². The van der Waals surface area contributed by atoms with Crippen LogP contribution in [0.5, 0.6) is 11.5 Å². The highest BCUT2D eigenvalue weighted by Crippen LogP contribution is 2.27. The van der Waals surface area contributed by atoms with E-state index in [9.17, 15) is 10.1 Å². The van der Waals surface area contributed by atoms with Crippen molar-refractivity contribution in [1.29, 1.82) is 0 Å². The van der Waals surface area contributed by atoms with Crippen LogP contribution < -0.4 is 14.8 Å². The van der Waals surface area contributed by atoms with Gasteiger partial charge >= 0.3 is 11.9 Å². The Morgan fingerprint density at radius 3 is 2.14 bits per heavy atom. The van der Waals surface area contributed by atoms with Crippen LogP contribution >= 0.6 is 0 Å². The summed E-state index contributed by atoms with van der Waals surface area (Å²) >= 11 is 0. The summed E-state index contributed by atoms with van der Waals surface area (Å²) in [6.45, 7) is 0.998. The van der Waals surface area contributed by atoms with E-state index in [-0.39, 0.29) is 10.6 Å². The van der Waals surface area contributed by atoms with Gasteiger partial charge in [-0.15, -0.1) is 0 Å². The summed E-state index contributed by atoms with van der Waals surface area (Å²) in [7, 11) is 3.17. The number of methoxy groups -OCH3 is 2. The van der Waals surface area contributed by atoms with Crippen molar-refractivity contribution in [1.82, 2.24) is 5.32 Å². The number of nitro groups is 1. The first-order chi connectivity index (χ1) is 13.3. The highest BCUT2D eigenvalue weighted by Gasteiger charge is 2.11. The van der Waals surface area contributed by atoms with Crippen LogP contribution in [0.1, 0.15) is 11.1 Å². The Bertz CT molecular complexity index is 826. The minimum Gasteiger partial charge on any atom is -0.493 e. The maximum Gasteiger partial charge on any atom is 0.414 e. The number of carboxylic acids is 2. The number of para-hydroxylation sites is 1. The number of nitrogens with zero attached hydrogens (tertiary/aromatic N) is 1. The summed E-state index contributed by atoms with van der Waals surface area (Å²) in [5.41, 5.74) is 1.80. The maximum absolute atomic E-state index is 11.0. The predicted molar refractivity (Wildman–Crippen MR) is 98.5 cm³/mol. The molecule has 150 valence electrons. The summed E-state index contributed by atoms with van der Waals surface area (Å²) in [4.78, 5) is 28.8. The molecule has 10 nitrogen and oxygen atoms in total. The molecule has 0 saturated heterocycles. The number of ether oxygens (including phenoxy) is 2. The van der Waals surface area contributed by atoms with Gasteiger partial charge in [-0.3, -0.25) is 10.1 Å². The van der Waals surface area contributed by atoms with Crippen molar-refractivity contribution in [3.05, 3.63) is 63.7 Å². The van der Waals surface area contributed by atoms with E-state index < -0.39 is 11.9 Å². The summed E-state index contributed by atoms with van der Waals surface area (Å²) in [6.07, 6.45) is 0. The average molecular weight is 392 g/mol. The van der Waals surface area contributed by atoms with E-state index in [0.717, 1.165) is 5.56 Å². The molecule has 0 amide bonds. The lowest BCUT2D eigenvalue weighted by Gasteiger charge is -2.10. The molecule has 0 radical (unpaired) electrons. The van der Waals surface area contributed by atoms with Gasteiger partial charge in [-0.05, 0) is 17.7 Å². The number of nitro benzene ring substituents is 1. The van der Waals surface area contributed by atoms with E-state index in [0.29, 0.717) is 30.2 Å². The fraction of sp³-hybridized carbons (Fsp3) is 0.222. The summed E-state index contributed by atoms with van der Waals surface area (Å²) in [6, 6.07) is 12.4. The van der Waals surface area contributed by atoms with E-state index >= 15 is 0 Å². The molecule has 0 atom stereocenters. The standard InChI is InChI=1S/C16H18N2O4.C2H2O4/c1-21-15-8-7-12(9-16(15)22-2)10-17-11-13-5-3-4-6-14(13)18(19)20;3-1(4)2(5)6/h3-9,17H,10-11H2,1-2H3;(H,3,4)(H,5,6). The maximum atomic E-state index is 11.0. The molecule has 0 bridgehead atoms. The number of carbonyl (C=O) groups is 2. The zero-order valence-electron chi connectivity index (χ0n) is 15.2. The Kier molecular flexibility index (Phi) is 8.90. The predicted octanol–water partition coefficient (Wildman–Crippen LogP) is 2.06. The second-order valence-corrected chi connectivity index (χ2v) is 5.29. The van der Waals surface area contributed by atoms with Gasteiger partial charge in [0.05, 0.1) is 19.1 Å². The van der Waals surface area contributed by atoms with Crippen molar-refractivity contribution < 1.29 is 34.2 Å². The van der Waals surface area contributed by atoms with Gasteiger partial charge < -0.3 is 25.0 Å². The first-order valence-corrected chi connectivity index (χ1v) is 7.90. The Labute approximate surface area is 160 Å². The molecule has 28 heavy (non-hydrogen) atoms. The Balaban J connectivity index is 0.000000568. The topological polar surface area (TPSA) is 148 Å². The summed E-state index contributed by atoms with van der Waals surface area (Å²) < 4.78 is 10.4. The van der Waals surface area contributed by atoms with E-state index in [1.807, 2.05) is 18.2 Å². The monoisotopic (exact) mass is 392 g/mol. The fourth-order valence-corrected chi connectivity index (χ4v) is 2.17. The molecule has 0 saturated carbocycles. The highest BCUT2D eigenvalue weighted by atomic mass is 16.6. The van der Waals surface area contributed by atoms with Crippen molar-refractivity contribution in [2.75, 3.05) is 14.2 Å². The Hall–Kier alpha value is -3.66. The van der Waals surface area contributed by atoms with Crippen molar-refractivity contribution >= 4 is 17.6 Å². The first-order valence-electron chi connectivity index (χ1n) is 7.90. The molecule has 0 fully saturated rings. The molecule has 2 rings (SSSR count). The molecule has 0 spiro atoms. The average Bonchev–Trinajstić information content (AvgIpc) is 2.68. The van der Waals surface area contributed by atoms with Crippen LogP contribution in [-0.4, -0.2) is 41.3 Å². The number of hydrogen-bond acceptors (Lipinski definition) is 7. The number of nitrogens with one attached hydrogen (secondary N) is 1. The van der Waals surface area contributed by atoms with Gasteiger partial charge in [0.1, 0.15) is 0 Å². The van der Waals surface area contributed by atoms with E-state index in [4.69, 9.17) is 29.3 Å². The van der Waals surface area contributed by atoms with Gasteiger partial charge in [0.2, 0.25) is 0 Å². The van der Waals surface area contributed by atoms with Crippen LogP contribution in [0, 0.1) is 10.1 Å². The number of hydrogen-bond donors (Lipinski definition) is 3. The molecule has 0 aromatic heterocycles. The molecule has 2 aromatic rings. The molecule has 0 aliphatic carbocycles. The van der Waals surface area contributed by atoms with Crippen LogP contribution in [0.2, 0.25) is 0 Å². The quantitative estimate of drug-likeness (QED) is 0.366. The lowest BCUT2D eigenvalue weighted by Crippen LogP contribution is -2.13. The third kappa shape index (κ3) is 6.92. The first kappa shape index (κ1) is 22.4. The summed E-state index contributed by atoms with van der Waals surface area (Å²) in [5.74, 6) is -2.32. The molecule has 2 aromatic carbocycles. The molecule has 0 aliphatic rings. The van der Waals surface area contributed by atoms with Crippen molar-refractivity contribution in [3.8, 4) is 11.5 Å². The zero-order chi connectivity index (χ0) is 21.1. The molecule has 0 aliphatic heterocycles. The van der Waals surface area contributed by atoms with Crippen LogP contribution in [0.15, 0.2) is 42.5 Å². The fourth-order valence-electron chi connectivity index (χ4n) is 2.17. The Morgan fingerprint density at radius 2 is 1.61 bits per heavy atom. The zero-order valence-corrected chi connectivity index (χ0v) is 15.2. The summed E-state index contributed by atoms with van der Waals surface area (Å²) in [5, 5.41) is 28.9. The van der Waals surface area contributed by atoms with Crippen molar-refractivity contribution in [3.63, 3.8) is 0 Å². The SMILES string of the molecule is COc1ccc(CNCc2ccccc2[N+](=O)[O-])cc1OC.O=C(O)C(=O)O. The van der Waals surface area contributed by atoms with Gasteiger partial charge in [-0.1, -0.05) is 24.3 Å². The van der Waals surface area contributed by atoms with E-state index in [1.54, 1.807) is 32.4 Å². The highest BCUT2D eigenvalue weighted by molar-refractivity contribution is 6.27. The molecule has 0 heterocycles. The molecular formula is C18H20N2O8. The molecular weight excluding hydrogens is 372 g/mol. The molecule has 0 unspecified atom stereocenters. The smallest absolute Gasteiger partial charge is 0.414 e. The second-order valence-electron chi connectivity index (χ2n) is 5.29. The number of carboxylic acid groups (broad SMARTS) is 2. The largest absolute Gasteiger partial charge is 0.493 e. The third-order valence-electron chi connectivity index (χ3n) is 3.46. The third-order valence-corrected chi connectivity index (χ3v) is 3.46. The Morgan fingerprint density at radius 1 is 1.00 bits per heavy atom. The van der Waals surface area contributed by atoms with Crippen LogP contribution in [0.4, 0.5) is 5.69 Å². The number of aliphatic carboxylic acids is 2. The van der Waals surface area contributed by atoms with Crippen LogP contribution in [-0.2, 0) is 22.7 Å². The van der Waals surface area contributed by atoms with Crippen LogP contribution in [0.25, 0.3) is 0 Å². The lowest BCUT2D eigenvalue weighted by atomic mass is 10.1. The van der Waals surface area contributed by atoms with Crippen molar-refractivity contribution in [2.45, 2.75) is 13.1 Å². The molecule has 10 heteroatoms. The minimum atomic E-state index is -1.82. The minimum absolute atomic E-state index is 0.127. The number of benzene rings is 2. The van der Waals surface area contributed by atoms with Gasteiger partial charge in [0.25, 0.3) is 5.69 Å². The second kappa shape index (κ2) is 11.1. The number of rotatable bonds is 7. The van der Waals surface area contributed by atoms with E-state index in [1.165, 1.54) is 6.07 Å². The normalized spacial score (nSPS) is 9.64. The van der Waals surface area contributed by atoms with Crippen LogP contribution in [0.3, 0.4) is 0 Å². The van der Waals surface area contributed by atoms with Crippen molar-refractivity contribution in [2.24, 2.45) is 0 Å². The lowest BCUT2D eigenvalue weighted by molar-refractivity contribution is -0.385.